The average molecular weight is 199 g/mol. The number of hydrogen-bond acceptors (Lipinski definition) is 3. The largest absolute Gasteiger partial charge is 0.475 e. The van der Waals surface area contributed by atoms with Crippen molar-refractivity contribution in [1.82, 2.24) is 4.90 Å². The Hall–Kier alpha value is -0.900. The zero-order valence-electron chi connectivity index (χ0n) is 8.69. The van der Waals surface area contributed by atoms with Gasteiger partial charge in [-0.3, -0.25) is 4.79 Å². The lowest BCUT2D eigenvalue weighted by atomic mass is 9.92. The summed E-state index contributed by atoms with van der Waals surface area (Å²) in [5.41, 5.74) is 0. The number of Topliss-reactive ketones (excluding diaryl/α,β-unsaturated/α-hetero) is 1. The normalized spacial score (nSPS) is 19.9. The van der Waals surface area contributed by atoms with Crippen LogP contribution in [0.25, 0.3) is 0 Å². The highest BCUT2D eigenvalue weighted by Crippen LogP contribution is 2.19. The van der Waals surface area contributed by atoms with Gasteiger partial charge in [0.1, 0.15) is 0 Å². The number of carboxylic acid groups (broad SMARTS) is 1. The molecule has 0 aliphatic carbocycles. The van der Waals surface area contributed by atoms with Gasteiger partial charge in [0, 0.05) is 12.0 Å². The fourth-order valence-corrected chi connectivity index (χ4v) is 1.85. The van der Waals surface area contributed by atoms with Crippen LogP contribution in [0.1, 0.15) is 26.7 Å². The molecule has 1 fully saturated rings. The van der Waals surface area contributed by atoms with Crippen LogP contribution < -0.4 is 0 Å². The fraction of sp³-hybridized carbons (Fsp3) is 0.800. The van der Waals surface area contributed by atoms with Crippen molar-refractivity contribution in [1.29, 1.82) is 0 Å². The molecular weight excluding hydrogens is 182 g/mol. The lowest BCUT2D eigenvalue weighted by Crippen LogP contribution is -2.41. The Bertz CT molecular complexity index is 230. The highest BCUT2D eigenvalue weighted by Gasteiger charge is 2.29. The molecular formula is C10H17NO3. The van der Waals surface area contributed by atoms with Crippen LogP contribution in [0.4, 0.5) is 0 Å². The number of aliphatic carboxylic acids is 1. The molecule has 1 aliphatic heterocycles. The summed E-state index contributed by atoms with van der Waals surface area (Å²) < 4.78 is 0. The third-order valence-corrected chi connectivity index (χ3v) is 2.84. The molecule has 0 atom stereocenters. The fourth-order valence-electron chi connectivity index (χ4n) is 1.85. The van der Waals surface area contributed by atoms with Gasteiger partial charge < -0.3 is 10.0 Å². The second-order valence-corrected chi connectivity index (χ2v) is 4.07. The van der Waals surface area contributed by atoms with Crippen LogP contribution in [0.3, 0.4) is 0 Å². The van der Waals surface area contributed by atoms with Crippen molar-refractivity contribution in [3.63, 3.8) is 0 Å². The van der Waals surface area contributed by atoms with Gasteiger partial charge >= 0.3 is 5.97 Å². The molecule has 1 saturated heterocycles. The standard InChI is InChI=1S/C10H17NO3/c1-7(2)11-5-3-8(4-6-11)9(12)10(13)14/h7-8H,3-6H2,1-2H3,(H,13,14). The Morgan fingerprint density at radius 3 is 2.14 bits per heavy atom. The molecule has 0 saturated carbocycles. The monoisotopic (exact) mass is 199 g/mol. The van der Waals surface area contributed by atoms with Crippen LogP contribution in [0, 0.1) is 5.92 Å². The van der Waals surface area contributed by atoms with Crippen molar-refractivity contribution >= 4 is 11.8 Å². The van der Waals surface area contributed by atoms with Gasteiger partial charge in [-0.2, -0.15) is 0 Å². The predicted molar refractivity (Wildman–Crippen MR) is 52.1 cm³/mol. The minimum Gasteiger partial charge on any atom is -0.475 e. The molecule has 1 rings (SSSR count). The van der Waals surface area contributed by atoms with Crippen molar-refractivity contribution in [3.05, 3.63) is 0 Å². The lowest BCUT2D eigenvalue weighted by Gasteiger charge is -2.33. The summed E-state index contributed by atoms with van der Waals surface area (Å²) in [6.45, 7) is 5.89. The van der Waals surface area contributed by atoms with Gasteiger partial charge in [0.25, 0.3) is 0 Å². The summed E-state index contributed by atoms with van der Waals surface area (Å²) in [7, 11) is 0. The molecule has 0 spiro atoms. The van der Waals surface area contributed by atoms with E-state index in [0.717, 1.165) is 13.1 Å². The summed E-state index contributed by atoms with van der Waals surface area (Å²) >= 11 is 0. The van der Waals surface area contributed by atoms with E-state index in [0.29, 0.717) is 18.9 Å². The van der Waals surface area contributed by atoms with Gasteiger partial charge in [0.05, 0.1) is 0 Å². The maximum atomic E-state index is 11.2. The Morgan fingerprint density at radius 1 is 1.29 bits per heavy atom. The average Bonchev–Trinajstić information content (AvgIpc) is 2.16. The third kappa shape index (κ3) is 2.54. The number of nitrogens with zero attached hydrogens (tertiary/aromatic N) is 1. The van der Waals surface area contributed by atoms with Crippen molar-refractivity contribution in [2.45, 2.75) is 32.7 Å². The van der Waals surface area contributed by atoms with Gasteiger partial charge in [-0.1, -0.05) is 0 Å². The molecule has 0 aromatic heterocycles. The zero-order chi connectivity index (χ0) is 10.7. The predicted octanol–water partition coefficient (Wildman–Crippen LogP) is 0.760. The van der Waals surface area contributed by atoms with E-state index in [1.54, 1.807) is 0 Å². The van der Waals surface area contributed by atoms with E-state index in [1.165, 1.54) is 0 Å². The summed E-state index contributed by atoms with van der Waals surface area (Å²) in [5, 5.41) is 8.55. The minimum atomic E-state index is -1.28. The molecule has 14 heavy (non-hydrogen) atoms. The molecule has 0 radical (unpaired) electrons. The first-order valence-electron chi connectivity index (χ1n) is 5.03. The van der Waals surface area contributed by atoms with Gasteiger partial charge in [-0.05, 0) is 39.8 Å². The molecule has 1 N–H and O–H groups in total. The summed E-state index contributed by atoms with van der Waals surface area (Å²) in [6.07, 6.45) is 1.37. The Labute approximate surface area is 83.9 Å². The summed E-state index contributed by atoms with van der Waals surface area (Å²) in [6, 6.07) is 0.482. The van der Waals surface area contributed by atoms with Crippen molar-refractivity contribution in [3.8, 4) is 0 Å². The summed E-state index contributed by atoms with van der Waals surface area (Å²) in [5.74, 6) is -2.16. The molecule has 0 aromatic rings. The molecule has 0 amide bonds. The van der Waals surface area contributed by atoms with Crippen molar-refractivity contribution < 1.29 is 14.7 Å². The SMILES string of the molecule is CC(C)N1CCC(C(=O)C(=O)O)CC1. The van der Waals surface area contributed by atoms with Crippen LogP contribution in [0.5, 0.6) is 0 Å². The highest BCUT2D eigenvalue weighted by atomic mass is 16.4. The van der Waals surface area contributed by atoms with E-state index < -0.39 is 11.8 Å². The number of carboxylic acids is 1. The maximum Gasteiger partial charge on any atom is 0.372 e. The van der Waals surface area contributed by atoms with Crippen LogP contribution in [-0.2, 0) is 9.59 Å². The number of rotatable bonds is 3. The zero-order valence-corrected chi connectivity index (χ0v) is 8.69. The van der Waals surface area contributed by atoms with Gasteiger partial charge in [0.2, 0.25) is 5.78 Å². The first-order chi connectivity index (χ1) is 6.52. The molecule has 0 unspecified atom stereocenters. The van der Waals surface area contributed by atoms with Crippen LogP contribution in [-0.4, -0.2) is 40.9 Å². The first kappa shape index (κ1) is 11.2. The van der Waals surface area contributed by atoms with Gasteiger partial charge in [0.15, 0.2) is 0 Å². The van der Waals surface area contributed by atoms with Crippen molar-refractivity contribution in [2.75, 3.05) is 13.1 Å². The van der Waals surface area contributed by atoms with E-state index in [9.17, 15) is 9.59 Å². The number of carbonyl (C=O) groups excluding carboxylic acids is 1. The molecule has 1 heterocycles. The van der Waals surface area contributed by atoms with Crippen molar-refractivity contribution in [2.24, 2.45) is 5.92 Å². The van der Waals surface area contributed by atoms with Crippen LogP contribution in [0.15, 0.2) is 0 Å². The highest BCUT2D eigenvalue weighted by molar-refractivity contribution is 6.33. The molecule has 0 aromatic carbocycles. The number of ketones is 1. The smallest absolute Gasteiger partial charge is 0.372 e. The van der Waals surface area contributed by atoms with Crippen LogP contribution >= 0.6 is 0 Å². The number of hydrogen-bond donors (Lipinski definition) is 1. The molecule has 0 bridgehead atoms. The molecule has 80 valence electrons. The lowest BCUT2D eigenvalue weighted by molar-refractivity contribution is -0.151. The maximum absolute atomic E-state index is 11.2. The molecule has 1 aliphatic rings. The van der Waals surface area contributed by atoms with E-state index in [-0.39, 0.29) is 5.92 Å². The minimum absolute atomic E-state index is 0.262. The third-order valence-electron chi connectivity index (χ3n) is 2.84. The second-order valence-electron chi connectivity index (χ2n) is 4.07. The van der Waals surface area contributed by atoms with Gasteiger partial charge in [-0.25, -0.2) is 4.79 Å². The summed E-state index contributed by atoms with van der Waals surface area (Å²) in [4.78, 5) is 23.9. The molecule has 4 nitrogen and oxygen atoms in total. The number of likely N-dealkylation sites (tertiary alicyclic amines) is 1. The number of carbonyl (C=O) groups is 2. The van der Waals surface area contributed by atoms with Crippen LogP contribution in [0.2, 0.25) is 0 Å². The van der Waals surface area contributed by atoms with Gasteiger partial charge in [-0.15, -0.1) is 0 Å². The Balaban J connectivity index is 2.43. The Kier molecular flexibility index (Phi) is 3.63. The van der Waals surface area contributed by atoms with E-state index in [2.05, 4.69) is 18.7 Å². The molecule has 4 heteroatoms. The first-order valence-corrected chi connectivity index (χ1v) is 5.03. The topological polar surface area (TPSA) is 57.6 Å². The number of piperidine rings is 1. The Morgan fingerprint density at radius 2 is 1.79 bits per heavy atom. The van der Waals surface area contributed by atoms with E-state index >= 15 is 0 Å². The van der Waals surface area contributed by atoms with E-state index in [4.69, 9.17) is 5.11 Å². The second kappa shape index (κ2) is 4.55. The quantitative estimate of drug-likeness (QED) is 0.682. The van der Waals surface area contributed by atoms with E-state index in [1.807, 2.05) is 0 Å².